The van der Waals surface area contributed by atoms with Crippen molar-refractivity contribution in [3.63, 3.8) is 0 Å². The number of hydrogen-bond acceptors (Lipinski definition) is 5. The fraction of sp³-hybridized carbons (Fsp3) is 0.364. The van der Waals surface area contributed by atoms with Crippen LogP contribution < -0.4 is 4.90 Å². The minimum atomic E-state index is -3.73. The number of carbonyl (C=O) groups excluding carboxylic acids is 2. The number of nitrogens with zero attached hydrogens (tertiary/aromatic N) is 2. The largest absolute Gasteiger partial charge is 0.452 e. The van der Waals surface area contributed by atoms with Gasteiger partial charge in [-0.25, -0.2) is 13.2 Å². The van der Waals surface area contributed by atoms with E-state index in [1.54, 1.807) is 18.7 Å². The van der Waals surface area contributed by atoms with E-state index in [0.717, 1.165) is 17.7 Å². The molecule has 3 rings (SSSR count). The number of carbonyl (C=O) groups is 2. The second-order valence-corrected chi connectivity index (χ2v) is 9.66. The molecule has 0 aliphatic carbocycles. The molecule has 0 saturated heterocycles. The van der Waals surface area contributed by atoms with Crippen LogP contribution in [0.4, 0.5) is 5.69 Å². The van der Waals surface area contributed by atoms with Crippen LogP contribution in [-0.4, -0.2) is 50.3 Å². The molecule has 0 unspecified atom stereocenters. The summed E-state index contributed by atoms with van der Waals surface area (Å²) in [4.78, 5) is 26.8. The summed E-state index contributed by atoms with van der Waals surface area (Å²) in [6.45, 7) is 5.05. The average molecular weight is 431 g/mol. The van der Waals surface area contributed by atoms with Crippen molar-refractivity contribution in [3.8, 4) is 0 Å². The normalized spacial score (nSPS) is 16.1. The standard InChI is InChI=1S/C22H26N2O5S/c1-15(2)23(4)30(27,28)19-10-7-9-18(13-19)22(26)29-14-21(25)24-16(3)12-17-8-5-6-11-20(17)24/h5-11,13,15-16H,12,14H2,1-4H3/t16-/m0/s1. The third-order valence-corrected chi connectivity index (χ3v) is 7.31. The summed E-state index contributed by atoms with van der Waals surface area (Å²) < 4.78 is 31.7. The number of sulfonamides is 1. The van der Waals surface area contributed by atoms with Gasteiger partial charge in [-0.2, -0.15) is 4.31 Å². The average Bonchev–Trinajstić information content (AvgIpc) is 3.06. The van der Waals surface area contributed by atoms with Gasteiger partial charge in [-0.05, 0) is 57.0 Å². The third-order valence-electron chi connectivity index (χ3n) is 5.28. The van der Waals surface area contributed by atoms with E-state index >= 15 is 0 Å². The Hall–Kier alpha value is -2.71. The number of anilines is 1. The van der Waals surface area contributed by atoms with Crippen LogP contribution in [0.5, 0.6) is 0 Å². The van der Waals surface area contributed by atoms with Gasteiger partial charge in [-0.1, -0.05) is 24.3 Å². The Bertz CT molecular complexity index is 1060. The van der Waals surface area contributed by atoms with Crippen molar-refractivity contribution >= 4 is 27.6 Å². The molecule has 0 aromatic heterocycles. The van der Waals surface area contributed by atoms with Crippen LogP contribution in [0.3, 0.4) is 0 Å². The first-order valence-electron chi connectivity index (χ1n) is 9.78. The zero-order valence-electron chi connectivity index (χ0n) is 17.5. The molecule has 30 heavy (non-hydrogen) atoms. The fourth-order valence-electron chi connectivity index (χ4n) is 3.45. The van der Waals surface area contributed by atoms with Crippen molar-refractivity contribution in [1.29, 1.82) is 0 Å². The highest BCUT2D eigenvalue weighted by molar-refractivity contribution is 7.89. The molecule has 0 spiro atoms. The van der Waals surface area contributed by atoms with E-state index < -0.39 is 22.6 Å². The van der Waals surface area contributed by atoms with Crippen LogP contribution in [0.1, 0.15) is 36.7 Å². The molecular weight excluding hydrogens is 404 g/mol. The lowest BCUT2D eigenvalue weighted by Gasteiger charge is -2.22. The van der Waals surface area contributed by atoms with Gasteiger partial charge in [0.2, 0.25) is 10.0 Å². The van der Waals surface area contributed by atoms with Gasteiger partial charge in [0.25, 0.3) is 5.91 Å². The number of rotatable bonds is 6. The van der Waals surface area contributed by atoms with Gasteiger partial charge in [0.1, 0.15) is 0 Å². The molecule has 0 radical (unpaired) electrons. The maximum absolute atomic E-state index is 12.7. The Labute approximate surface area is 177 Å². The van der Waals surface area contributed by atoms with E-state index in [1.807, 2.05) is 31.2 Å². The predicted octanol–water partition coefficient (Wildman–Crippen LogP) is 2.85. The molecule has 7 nitrogen and oxygen atoms in total. The van der Waals surface area contributed by atoms with Gasteiger partial charge in [0.05, 0.1) is 10.5 Å². The quantitative estimate of drug-likeness (QED) is 0.658. The Morgan fingerprint density at radius 3 is 2.57 bits per heavy atom. The molecular formula is C22H26N2O5S. The molecule has 1 heterocycles. The maximum Gasteiger partial charge on any atom is 0.338 e. The summed E-state index contributed by atoms with van der Waals surface area (Å²) in [6, 6.07) is 13.0. The summed E-state index contributed by atoms with van der Waals surface area (Å²) in [5, 5.41) is 0. The van der Waals surface area contributed by atoms with Crippen LogP contribution in [0.15, 0.2) is 53.4 Å². The smallest absolute Gasteiger partial charge is 0.338 e. The molecule has 1 aliphatic rings. The zero-order valence-corrected chi connectivity index (χ0v) is 18.3. The van der Waals surface area contributed by atoms with E-state index in [2.05, 4.69) is 0 Å². The van der Waals surface area contributed by atoms with Crippen molar-refractivity contribution in [2.45, 2.75) is 44.2 Å². The van der Waals surface area contributed by atoms with Crippen molar-refractivity contribution in [2.75, 3.05) is 18.6 Å². The topological polar surface area (TPSA) is 84.0 Å². The number of amides is 1. The SMILES string of the molecule is CC(C)N(C)S(=O)(=O)c1cccc(C(=O)OCC(=O)N2c3ccccc3C[C@@H]2C)c1. The van der Waals surface area contributed by atoms with E-state index in [9.17, 15) is 18.0 Å². The van der Waals surface area contributed by atoms with Crippen molar-refractivity contribution in [2.24, 2.45) is 0 Å². The van der Waals surface area contributed by atoms with Crippen LogP contribution in [0.2, 0.25) is 0 Å². The summed E-state index contributed by atoms with van der Waals surface area (Å²) in [6.07, 6.45) is 0.749. The van der Waals surface area contributed by atoms with Gasteiger partial charge in [-0.15, -0.1) is 0 Å². The predicted molar refractivity (Wildman–Crippen MR) is 114 cm³/mol. The molecule has 1 aliphatic heterocycles. The molecule has 8 heteroatoms. The summed E-state index contributed by atoms with van der Waals surface area (Å²) in [5.74, 6) is -1.06. The number of para-hydroxylation sites is 1. The van der Waals surface area contributed by atoms with Crippen LogP contribution in [0.25, 0.3) is 0 Å². The van der Waals surface area contributed by atoms with Crippen molar-refractivity contribution < 1.29 is 22.7 Å². The number of fused-ring (bicyclic) bond motifs is 1. The van der Waals surface area contributed by atoms with Gasteiger partial charge >= 0.3 is 5.97 Å². The highest BCUT2D eigenvalue weighted by Gasteiger charge is 2.31. The summed E-state index contributed by atoms with van der Waals surface area (Å²) >= 11 is 0. The van der Waals surface area contributed by atoms with Crippen molar-refractivity contribution in [3.05, 3.63) is 59.7 Å². The number of ether oxygens (including phenoxy) is 1. The molecule has 0 bridgehead atoms. The molecule has 2 aromatic carbocycles. The summed E-state index contributed by atoms with van der Waals surface area (Å²) in [5.41, 5.74) is 1.99. The van der Waals surface area contributed by atoms with Gasteiger partial charge in [0.15, 0.2) is 6.61 Å². The highest BCUT2D eigenvalue weighted by Crippen LogP contribution is 2.31. The first-order valence-corrected chi connectivity index (χ1v) is 11.2. The highest BCUT2D eigenvalue weighted by atomic mass is 32.2. The molecule has 160 valence electrons. The Kier molecular flexibility index (Phi) is 6.28. The van der Waals surface area contributed by atoms with Gasteiger partial charge < -0.3 is 9.64 Å². The third kappa shape index (κ3) is 4.24. The lowest BCUT2D eigenvalue weighted by Crippen LogP contribution is -2.38. The lowest BCUT2D eigenvalue weighted by molar-refractivity contribution is -0.122. The first-order chi connectivity index (χ1) is 14.1. The Morgan fingerprint density at radius 1 is 1.17 bits per heavy atom. The van der Waals surface area contributed by atoms with E-state index in [-0.39, 0.29) is 28.4 Å². The van der Waals surface area contributed by atoms with Crippen LogP contribution in [0, 0.1) is 0 Å². The summed E-state index contributed by atoms with van der Waals surface area (Å²) in [7, 11) is -2.24. The molecule has 1 atom stereocenters. The van der Waals surface area contributed by atoms with Gasteiger partial charge in [0, 0.05) is 24.8 Å². The molecule has 0 N–H and O–H groups in total. The monoisotopic (exact) mass is 430 g/mol. The van der Waals surface area contributed by atoms with E-state index in [0.29, 0.717) is 0 Å². The van der Waals surface area contributed by atoms with E-state index in [4.69, 9.17) is 4.74 Å². The maximum atomic E-state index is 12.7. The van der Waals surface area contributed by atoms with Crippen molar-refractivity contribution in [1.82, 2.24) is 4.31 Å². The van der Waals surface area contributed by atoms with E-state index in [1.165, 1.54) is 35.6 Å². The molecule has 1 amide bonds. The minimum Gasteiger partial charge on any atom is -0.452 e. The lowest BCUT2D eigenvalue weighted by atomic mass is 10.1. The number of hydrogen-bond donors (Lipinski definition) is 0. The Balaban J connectivity index is 1.71. The van der Waals surface area contributed by atoms with Crippen LogP contribution >= 0.6 is 0 Å². The number of benzene rings is 2. The molecule has 2 aromatic rings. The fourth-order valence-corrected chi connectivity index (χ4v) is 4.87. The zero-order chi connectivity index (χ0) is 22.1. The minimum absolute atomic E-state index is 0.00145. The molecule has 0 saturated carbocycles. The van der Waals surface area contributed by atoms with Crippen LogP contribution in [-0.2, 0) is 26.0 Å². The number of esters is 1. The Morgan fingerprint density at radius 2 is 1.87 bits per heavy atom. The van der Waals surface area contributed by atoms with Gasteiger partial charge in [-0.3, -0.25) is 4.79 Å². The molecule has 0 fully saturated rings. The second-order valence-electron chi connectivity index (χ2n) is 7.66. The second kappa shape index (κ2) is 8.57. The first kappa shape index (κ1) is 22.0.